The van der Waals surface area contributed by atoms with Gasteiger partial charge in [-0.25, -0.2) is 8.42 Å². The van der Waals surface area contributed by atoms with Crippen molar-refractivity contribution in [3.05, 3.63) is 42.0 Å². The number of hydrogen-bond donors (Lipinski definition) is 1. The second-order valence-corrected chi connectivity index (χ2v) is 10.7. The van der Waals surface area contributed by atoms with Gasteiger partial charge in [0.05, 0.1) is 18.1 Å². The smallest absolute Gasteiger partial charge is 0.229 e. The molecule has 1 aromatic rings. The van der Waals surface area contributed by atoms with Gasteiger partial charge in [-0.3, -0.25) is 14.9 Å². The summed E-state index contributed by atoms with van der Waals surface area (Å²) in [5, 5.41) is 2.34. The molecule has 0 aromatic heterocycles. The minimum absolute atomic E-state index is 0.0844. The summed E-state index contributed by atoms with van der Waals surface area (Å²) in [6.07, 6.45) is 8.00. The summed E-state index contributed by atoms with van der Waals surface area (Å²) in [7, 11) is -3.20. The average Bonchev–Trinajstić information content (AvgIpc) is 3.52. The third-order valence-corrected chi connectivity index (χ3v) is 7.52. The highest BCUT2D eigenvalue weighted by molar-refractivity contribution is 7.91. The molecule has 6 nitrogen and oxygen atoms in total. The molecular formula is C23H31NO5S. The van der Waals surface area contributed by atoms with Crippen LogP contribution >= 0.6 is 0 Å². The lowest BCUT2D eigenvalue weighted by molar-refractivity contribution is -0.136. The summed E-state index contributed by atoms with van der Waals surface area (Å²) in [4.78, 5) is 22.9. The first-order valence-corrected chi connectivity index (χ1v) is 12.6. The SMILES string of the molecule is C[C@@H](CS(=O)(=O)CC/C=C/CC1CCC(=O)NC1=O)c1cccc(OCC2CC2)c1. The van der Waals surface area contributed by atoms with Gasteiger partial charge in [0.15, 0.2) is 9.84 Å². The zero-order valence-electron chi connectivity index (χ0n) is 17.5. The fraction of sp³-hybridized carbons (Fsp3) is 0.565. The van der Waals surface area contributed by atoms with Gasteiger partial charge in [-0.2, -0.15) is 0 Å². The van der Waals surface area contributed by atoms with E-state index in [2.05, 4.69) is 5.32 Å². The summed E-state index contributed by atoms with van der Waals surface area (Å²) in [6, 6.07) is 7.73. The standard InChI is InChI=1S/C23H31NO5S/c1-17(20-7-5-8-21(14-20)29-15-18-9-10-18)16-30(27,28)13-4-2-3-6-19-11-12-22(25)24-23(19)26/h2-3,5,7-8,14,17-19H,4,6,9-13,15-16H2,1H3,(H,24,25,26)/b3-2+/t17-,19?/m0/s1. The number of ether oxygens (including phenoxy) is 1. The zero-order valence-corrected chi connectivity index (χ0v) is 18.3. The van der Waals surface area contributed by atoms with Crippen LogP contribution in [0.3, 0.4) is 0 Å². The molecule has 2 amide bonds. The molecule has 1 aromatic carbocycles. The van der Waals surface area contributed by atoms with E-state index in [0.29, 0.717) is 31.6 Å². The Morgan fingerprint density at radius 3 is 2.73 bits per heavy atom. The van der Waals surface area contributed by atoms with Crippen LogP contribution in [-0.2, 0) is 19.4 Å². The largest absolute Gasteiger partial charge is 0.493 e. The molecule has 2 aliphatic rings. The number of rotatable bonds is 11. The van der Waals surface area contributed by atoms with Crippen molar-refractivity contribution < 1.29 is 22.7 Å². The summed E-state index contributed by atoms with van der Waals surface area (Å²) < 4.78 is 30.8. The maximum Gasteiger partial charge on any atom is 0.229 e. The molecule has 1 unspecified atom stereocenters. The Hall–Kier alpha value is -2.15. The number of allylic oxidation sites excluding steroid dienone is 2. The van der Waals surface area contributed by atoms with Crippen LogP contribution in [-0.4, -0.2) is 38.3 Å². The molecule has 1 aliphatic heterocycles. The van der Waals surface area contributed by atoms with Gasteiger partial charge in [-0.15, -0.1) is 0 Å². The zero-order chi connectivity index (χ0) is 21.6. The van der Waals surface area contributed by atoms with Crippen molar-refractivity contribution in [2.24, 2.45) is 11.8 Å². The van der Waals surface area contributed by atoms with Crippen LogP contribution in [0.4, 0.5) is 0 Å². The van der Waals surface area contributed by atoms with Crippen LogP contribution in [0.25, 0.3) is 0 Å². The van der Waals surface area contributed by atoms with Gasteiger partial charge in [-0.05, 0) is 61.6 Å². The number of imide groups is 1. The van der Waals surface area contributed by atoms with Crippen molar-refractivity contribution in [2.75, 3.05) is 18.1 Å². The molecule has 1 aliphatic carbocycles. The van der Waals surface area contributed by atoms with Crippen molar-refractivity contribution in [3.8, 4) is 5.75 Å². The minimum Gasteiger partial charge on any atom is -0.493 e. The van der Waals surface area contributed by atoms with Gasteiger partial charge in [0.1, 0.15) is 5.75 Å². The molecule has 7 heteroatoms. The second-order valence-electron chi connectivity index (χ2n) is 8.49. The number of nitrogens with one attached hydrogen (secondary N) is 1. The number of benzene rings is 1. The third kappa shape index (κ3) is 7.27. The van der Waals surface area contributed by atoms with Gasteiger partial charge in [0, 0.05) is 12.3 Å². The van der Waals surface area contributed by atoms with Crippen LogP contribution in [0.2, 0.25) is 0 Å². The van der Waals surface area contributed by atoms with E-state index in [1.54, 1.807) is 0 Å². The Labute approximate surface area is 179 Å². The molecule has 164 valence electrons. The number of hydrogen-bond acceptors (Lipinski definition) is 5. The van der Waals surface area contributed by atoms with Gasteiger partial charge in [0.25, 0.3) is 0 Å². The third-order valence-electron chi connectivity index (χ3n) is 5.65. The van der Waals surface area contributed by atoms with Crippen molar-refractivity contribution in [2.45, 2.75) is 51.4 Å². The van der Waals surface area contributed by atoms with E-state index in [4.69, 9.17) is 4.74 Å². The number of sulfone groups is 1. The summed E-state index contributed by atoms with van der Waals surface area (Å²) in [6.45, 7) is 2.66. The Morgan fingerprint density at radius 1 is 1.20 bits per heavy atom. The van der Waals surface area contributed by atoms with Gasteiger partial charge in [0.2, 0.25) is 11.8 Å². The second kappa shape index (κ2) is 10.2. The molecule has 3 rings (SSSR count). The van der Waals surface area contributed by atoms with Crippen molar-refractivity contribution in [1.82, 2.24) is 5.32 Å². The molecular weight excluding hydrogens is 402 g/mol. The number of carbonyl (C=O) groups excluding carboxylic acids is 2. The molecule has 1 saturated carbocycles. The van der Waals surface area contributed by atoms with Gasteiger partial charge in [-0.1, -0.05) is 31.2 Å². The van der Waals surface area contributed by atoms with Crippen LogP contribution in [0.15, 0.2) is 36.4 Å². The lowest BCUT2D eigenvalue weighted by atomic mass is 9.95. The van der Waals surface area contributed by atoms with E-state index < -0.39 is 9.84 Å². The first-order chi connectivity index (χ1) is 14.3. The van der Waals surface area contributed by atoms with E-state index in [9.17, 15) is 18.0 Å². The highest BCUT2D eigenvalue weighted by Gasteiger charge is 2.25. The first kappa shape index (κ1) is 22.5. The maximum atomic E-state index is 12.5. The fourth-order valence-electron chi connectivity index (χ4n) is 3.56. The molecule has 0 bridgehead atoms. The highest BCUT2D eigenvalue weighted by Crippen LogP contribution is 2.30. The van der Waals surface area contributed by atoms with Gasteiger partial charge < -0.3 is 4.74 Å². The number of amides is 2. The molecule has 2 atom stereocenters. The molecule has 1 N–H and O–H groups in total. The summed E-state index contributed by atoms with van der Waals surface area (Å²) >= 11 is 0. The first-order valence-electron chi connectivity index (χ1n) is 10.7. The maximum absolute atomic E-state index is 12.5. The summed E-state index contributed by atoms with van der Waals surface area (Å²) in [5.41, 5.74) is 0.972. The lowest BCUT2D eigenvalue weighted by Gasteiger charge is -2.19. The monoisotopic (exact) mass is 433 g/mol. The van der Waals surface area contributed by atoms with Crippen LogP contribution < -0.4 is 10.1 Å². The Kier molecular flexibility index (Phi) is 7.69. The molecule has 2 fully saturated rings. The predicted octanol–water partition coefficient (Wildman–Crippen LogP) is 3.38. The van der Waals surface area contributed by atoms with E-state index in [1.807, 2.05) is 43.3 Å². The fourth-order valence-corrected chi connectivity index (χ4v) is 5.18. The van der Waals surface area contributed by atoms with Crippen molar-refractivity contribution in [3.63, 3.8) is 0 Å². The Bertz CT molecular complexity index is 889. The van der Waals surface area contributed by atoms with Gasteiger partial charge >= 0.3 is 0 Å². The predicted molar refractivity (Wildman–Crippen MR) is 116 cm³/mol. The van der Waals surface area contributed by atoms with Crippen LogP contribution in [0, 0.1) is 11.8 Å². The number of carbonyl (C=O) groups is 2. The molecule has 0 radical (unpaired) electrons. The molecule has 1 heterocycles. The highest BCUT2D eigenvalue weighted by atomic mass is 32.2. The van der Waals surface area contributed by atoms with Crippen molar-refractivity contribution >= 4 is 21.7 Å². The van der Waals surface area contributed by atoms with Crippen LogP contribution in [0.1, 0.15) is 56.9 Å². The van der Waals surface area contributed by atoms with Crippen LogP contribution in [0.5, 0.6) is 5.75 Å². The van der Waals surface area contributed by atoms with E-state index >= 15 is 0 Å². The van der Waals surface area contributed by atoms with E-state index in [1.165, 1.54) is 12.8 Å². The van der Waals surface area contributed by atoms with E-state index in [-0.39, 0.29) is 35.2 Å². The molecule has 1 saturated heterocycles. The van der Waals surface area contributed by atoms with Crippen molar-refractivity contribution in [1.29, 1.82) is 0 Å². The average molecular weight is 434 g/mol. The Balaban J connectivity index is 1.42. The topological polar surface area (TPSA) is 89.5 Å². The summed E-state index contributed by atoms with van der Waals surface area (Å²) in [5.74, 6) is 0.897. The quantitative estimate of drug-likeness (QED) is 0.427. The minimum atomic E-state index is -3.20. The number of piperidine rings is 1. The molecule has 0 spiro atoms. The Morgan fingerprint density at radius 2 is 2.00 bits per heavy atom. The molecule has 30 heavy (non-hydrogen) atoms. The van der Waals surface area contributed by atoms with E-state index in [0.717, 1.165) is 17.9 Å². The normalized spacial score (nSPS) is 20.9. The lowest BCUT2D eigenvalue weighted by Crippen LogP contribution is -2.40.